The number of amides is 1. The Kier molecular flexibility index (Phi) is 4.85. The van der Waals surface area contributed by atoms with Gasteiger partial charge in [-0.3, -0.25) is 14.4 Å². The number of carbonyl (C=O) groups excluding carboxylic acids is 3. The van der Waals surface area contributed by atoms with Gasteiger partial charge >= 0.3 is 0 Å². The first kappa shape index (κ1) is 22.2. The third-order valence-corrected chi connectivity index (χ3v) is 7.29. The van der Waals surface area contributed by atoms with Gasteiger partial charge in [0, 0.05) is 23.5 Å². The van der Waals surface area contributed by atoms with Crippen molar-refractivity contribution >= 4 is 23.2 Å². The Hall–Kier alpha value is -3.01. The lowest BCUT2D eigenvalue weighted by Crippen LogP contribution is -2.71. The summed E-state index contributed by atoms with van der Waals surface area (Å²) in [5.74, 6) is -7.02. The van der Waals surface area contributed by atoms with Crippen molar-refractivity contribution in [3.63, 3.8) is 0 Å². The molecule has 6 N–H and O–H groups in total. The van der Waals surface area contributed by atoms with E-state index in [2.05, 4.69) is 0 Å². The largest absolute Gasteiger partial charge is 0.507 e. The normalized spacial score (nSPS) is 34.4. The lowest BCUT2D eigenvalue weighted by molar-refractivity contribution is -0.173. The van der Waals surface area contributed by atoms with Crippen LogP contribution in [-0.4, -0.2) is 74.6 Å². The molecule has 0 aliphatic heterocycles. The Balaban J connectivity index is 2.05. The molecule has 3 aliphatic rings. The SMILES string of the molecule is CC1=C(C(N)=O)C(=O)[C@@]2(O)C(=O)C3=C(O)c4c(O)cccc4[C@H](C)[C@H]3[C@H](O)[C@H]2[C@@H]1N(C)C. The maximum absolute atomic E-state index is 13.7. The van der Waals surface area contributed by atoms with Crippen molar-refractivity contribution < 1.29 is 34.8 Å². The van der Waals surface area contributed by atoms with E-state index in [1.54, 1.807) is 38.1 Å². The molecule has 1 amide bonds. The minimum atomic E-state index is -2.81. The number of aromatic hydroxyl groups is 1. The van der Waals surface area contributed by atoms with E-state index in [0.29, 0.717) is 5.56 Å². The lowest BCUT2D eigenvalue weighted by Gasteiger charge is -2.54. The summed E-state index contributed by atoms with van der Waals surface area (Å²) in [4.78, 5) is 40.7. The van der Waals surface area contributed by atoms with Gasteiger partial charge in [0.05, 0.1) is 17.2 Å². The number of hydrogen-bond acceptors (Lipinski definition) is 8. The molecule has 9 heteroatoms. The summed E-state index contributed by atoms with van der Waals surface area (Å²) >= 11 is 0. The highest BCUT2D eigenvalue weighted by atomic mass is 16.3. The number of primary amides is 1. The van der Waals surface area contributed by atoms with Crippen molar-refractivity contribution in [1.82, 2.24) is 4.90 Å². The number of Topliss-reactive ketones (excluding diaryl/α,β-unsaturated/α-hetero) is 2. The molecular weight excluding hydrogens is 416 g/mol. The zero-order valence-corrected chi connectivity index (χ0v) is 18.2. The highest BCUT2D eigenvalue weighted by molar-refractivity contribution is 6.33. The molecular formula is C23H26N2O7. The Morgan fingerprint density at radius 2 is 1.78 bits per heavy atom. The number of benzene rings is 1. The molecule has 1 saturated carbocycles. The van der Waals surface area contributed by atoms with Gasteiger partial charge in [-0.15, -0.1) is 0 Å². The standard InChI is InChI=1S/C23H26N2O7/c1-8-10-6-5-7-11(26)14(10)18(27)15-12(8)19(28)16-17(25(3)4)9(2)13(22(24)31)20(29)23(16,32)21(15)30/h5-8,12,16-17,19,26-28,32H,1-4H3,(H2,24,31)/t8-,12+,16+,17+,19-,23+/m0/s1. The molecule has 9 nitrogen and oxygen atoms in total. The summed E-state index contributed by atoms with van der Waals surface area (Å²) < 4.78 is 0. The number of nitrogens with two attached hydrogens (primary N) is 1. The quantitative estimate of drug-likeness (QED) is 0.316. The lowest BCUT2D eigenvalue weighted by atomic mass is 9.53. The summed E-state index contributed by atoms with van der Waals surface area (Å²) in [6, 6.07) is 3.77. The Labute approximate surface area is 184 Å². The second-order valence-electron chi connectivity index (χ2n) is 9.09. The van der Waals surface area contributed by atoms with Gasteiger partial charge in [-0.2, -0.15) is 0 Å². The van der Waals surface area contributed by atoms with Crippen molar-refractivity contribution in [2.24, 2.45) is 17.6 Å². The van der Waals surface area contributed by atoms with E-state index in [0.717, 1.165) is 0 Å². The van der Waals surface area contributed by atoms with Crippen LogP contribution in [0.25, 0.3) is 5.76 Å². The third kappa shape index (κ3) is 2.52. The van der Waals surface area contributed by atoms with E-state index in [1.807, 2.05) is 0 Å². The number of likely N-dealkylation sites (N-methyl/N-ethyl adjacent to an activating group) is 1. The molecule has 32 heavy (non-hydrogen) atoms. The predicted octanol–water partition coefficient (Wildman–Crippen LogP) is 0.000200. The van der Waals surface area contributed by atoms with E-state index in [4.69, 9.17) is 5.73 Å². The number of nitrogens with zero attached hydrogens (tertiary/aromatic N) is 1. The van der Waals surface area contributed by atoms with Crippen LogP contribution in [0, 0.1) is 11.8 Å². The van der Waals surface area contributed by atoms with Crippen LogP contribution in [0.15, 0.2) is 34.9 Å². The first-order valence-electron chi connectivity index (χ1n) is 10.3. The molecule has 0 bridgehead atoms. The van der Waals surface area contributed by atoms with E-state index >= 15 is 0 Å². The molecule has 0 saturated heterocycles. The average molecular weight is 442 g/mol. The van der Waals surface area contributed by atoms with Crippen LogP contribution in [0.5, 0.6) is 5.75 Å². The molecule has 0 unspecified atom stereocenters. The first-order valence-corrected chi connectivity index (χ1v) is 10.3. The zero-order chi connectivity index (χ0) is 23.9. The van der Waals surface area contributed by atoms with Crippen LogP contribution in [0.4, 0.5) is 0 Å². The molecule has 1 aromatic rings. The molecule has 0 aromatic heterocycles. The van der Waals surface area contributed by atoms with E-state index in [9.17, 15) is 34.8 Å². The van der Waals surface area contributed by atoms with Gasteiger partial charge < -0.3 is 31.1 Å². The van der Waals surface area contributed by atoms with Crippen molar-refractivity contribution in [3.05, 3.63) is 46.0 Å². The van der Waals surface area contributed by atoms with Crippen molar-refractivity contribution in [2.75, 3.05) is 14.1 Å². The maximum Gasteiger partial charge on any atom is 0.252 e. The van der Waals surface area contributed by atoms with Crippen LogP contribution >= 0.6 is 0 Å². The van der Waals surface area contributed by atoms with Gasteiger partial charge in [0.25, 0.3) is 5.91 Å². The summed E-state index contributed by atoms with van der Waals surface area (Å²) in [7, 11) is 3.28. The van der Waals surface area contributed by atoms with Crippen LogP contribution in [0.2, 0.25) is 0 Å². The van der Waals surface area contributed by atoms with Gasteiger partial charge in [-0.05, 0) is 44.1 Å². The third-order valence-electron chi connectivity index (χ3n) is 7.29. The molecule has 0 radical (unpaired) electrons. The van der Waals surface area contributed by atoms with Crippen LogP contribution in [0.3, 0.4) is 0 Å². The van der Waals surface area contributed by atoms with Crippen LogP contribution < -0.4 is 5.73 Å². The van der Waals surface area contributed by atoms with Crippen molar-refractivity contribution in [3.8, 4) is 5.75 Å². The van der Waals surface area contributed by atoms with Crippen molar-refractivity contribution in [2.45, 2.75) is 37.5 Å². The number of phenolic OH excluding ortho intramolecular Hbond substituents is 1. The summed E-state index contributed by atoms with van der Waals surface area (Å²) in [6.07, 6.45) is -1.43. The molecule has 170 valence electrons. The molecule has 0 heterocycles. The second-order valence-corrected chi connectivity index (χ2v) is 9.09. The minimum Gasteiger partial charge on any atom is -0.507 e. The molecule has 3 aliphatic carbocycles. The molecule has 1 fully saturated rings. The number of rotatable bonds is 2. The Bertz CT molecular complexity index is 1140. The summed E-state index contributed by atoms with van der Waals surface area (Å²) in [5.41, 5.74) is 2.58. The number of aliphatic hydroxyl groups excluding tert-OH is 2. The summed E-state index contributed by atoms with van der Waals surface area (Å²) in [6.45, 7) is 3.25. The molecule has 1 aromatic carbocycles. The average Bonchev–Trinajstić information content (AvgIpc) is 2.70. The van der Waals surface area contributed by atoms with Gasteiger partial charge in [-0.1, -0.05) is 19.1 Å². The second kappa shape index (κ2) is 6.99. The number of aliphatic hydroxyl groups is 3. The number of hydrogen-bond donors (Lipinski definition) is 5. The number of fused-ring (bicyclic) bond motifs is 3. The maximum atomic E-state index is 13.7. The topological polar surface area (TPSA) is 161 Å². The molecule has 4 rings (SSSR count). The number of ketones is 2. The van der Waals surface area contributed by atoms with Gasteiger partial charge in [0.15, 0.2) is 5.60 Å². The van der Waals surface area contributed by atoms with Gasteiger partial charge in [0.2, 0.25) is 11.6 Å². The highest BCUT2D eigenvalue weighted by Gasteiger charge is 2.68. The fourth-order valence-electron chi connectivity index (χ4n) is 5.95. The van der Waals surface area contributed by atoms with Gasteiger partial charge in [0.1, 0.15) is 11.5 Å². The molecule has 0 spiro atoms. The predicted molar refractivity (Wildman–Crippen MR) is 113 cm³/mol. The van der Waals surface area contributed by atoms with Gasteiger partial charge in [-0.25, -0.2) is 0 Å². The molecule has 6 atom stereocenters. The smallest absolute Gasteiger partial charge is 0.252 e. The fourth-order valence-corrected chi connectivity index (χ4v) is 5.95. The minimum absolute atomic E-state index is 0.0168. The monoisotopic (exact) mass is 442 g/mol. The number of carbonyl (C=O) groups is 3. The van der Waals surface area contributed by atoms with E-state index in [-0.39, 0.29) is 22.5 Å². The van der Waals surface area contributed by atoms with E-state index in [1.165, 1.54) is 13.0 Å². The van der Waals surface area contributed by atoms with Crippen LogP contribution in [-0.2, 0) is 14.4 Å². The fraction of sp³-hybridized carbons (Fsp3) is 0.435. The highest BCUT2D eigenvalue weighted by Crippen LogP contribution is 2.55. The Morgan fingerprint density at radius 3 is 2.34 bits per heavy atom. The number of phenols is 1. The first-order chi connectivity index (χ1) is 14.9. The zero-order valence-electron chi connectivity index (χ0n) is 18.2. The van der Waals surface area contributed by atoms with Crippen LogP contribution in [0.1, 0.15) is 30.9 Å². The van der Waals surface area contributed by atoms with Crippen molar-refractivity contribution in [1.29, 1.82) is 0 Å². The summed E-state index contributed by atoms with van der Waals surface area (Å²) in [5, 5.41) is 44.4. The van der Waals surface area contributed by atoms with E-state index < -0.39 is 64.3 Å². The Morgan fingerprint density at radius 1 is 1.16 bits per heavy atom.